The third kappa shape index (κ3) is 5.92. The quantitative estimate of drug-likeness (QED) is 0.689. The Hall–Kier alpha value is -0.660. The van der Waals surface area contributed by atoms with E-state index in [9.17, 15) is 13.2 Å². The number of piperidine rings is 1. The maximum absolute atomic E-state index is 12.5. The molecule has 0 saturated carbocycles. The highest BCUT2D eigenvalue weighted by molar-refractivity contribution is 7.88. The van der Waals surface area contributed by atoms with Crippen molar-refractivity contribution >= 4 is 15.9 Å². The monoisotopic (exact) mass is 319 g/mol. The standard InChI is InChI=1S/C14H29N3O3S/c1-5-13-8-6-7-9-17(13)14(18)12-16(21(4,19)20)11-10-15(2)3/h13H,5-12H2,1-4H3. The lowest BCUT2D eigenvalue weighted by Crippen LogP contribution is -2.49. The van der Waals surface area contributed by atoms with E-state index in [0.717, 1.165) is 32.2 Å². The fourth-order valence-corrected chi connectivity index (χ4v) is 3.43. The Morgan fingerprint density at radius 3 is 2.43 bits per heavy atom. The van der Waals surface area contributed by atoms with Crippen molar-refractivity contribution in [1.29, 1.82) is 0 Å². The Labute approximate surface area is 129 Å². The van der Waals surface area contributed by atoms with Crippen LogP contribution in [0.2, 0.25) is 0 Å². The summed E-state index contributed by atoms with van der Waals surface area (Å²) in [5.74, 6) is -0.0641. The van der Waals surface area contributed by atoms with Crippen molar-refractivity contribution in [1.82, 2.24) is 14.1 Å². The summed E-state index contributed by atoms with van der Waals surface area (Å²) in [6.07, 6.45) is 5.29. The van der Waals surface area contributed by atoms with Crippen LogP contribution in [0.25, 0.3) is 0 Å². The van der Waals surface area contributed by atoms with Gasteiger partial charge in [-0.2, -0.15) is 4.31 Å². The minimum Gasteiger partial charge on any atom is -0.339 e. The summed E-state index contributed by atoms with van der Waals surface area (Å²) >= 11 is 0. The van der Waals surface area contributed by atoms with Gasteiger partial charge in [0.05, 0.1) is 12.8 Å². The lowest BCUT2D eigenvalue weighted by atomic mass is 10.00. The molecule has 0 bridgehead atoms. The lowest BCUT2D eigenvalue weighted by Gasteiger charge is -2.36. The van der Waals surface area contributed by atoms with Crippen molar-refractivity contribution in [3.63, 3.8) is 0 Å². The molecule has 7 heteroatoms. The van der Waals surface area contributed by atoms with Crippen LogP contribution in [0.5, 0.6) is 0 Å². The highest BCUT2D eigenvalue weighted by Gasteiger charge is 2.28. The molecule has 1 aliphatic heterocycles. The number of carbonyl (C=O) groups is 1. The predicted molar refractivity (Wildman–Crippen MR) is 84.6 cm³/mol. The number of likely N-dealkylation sites (N-methyl/N-ethyl adjacent to an activating group) is 1. The van der Waals surface area contributed by atoms with E-state index in [2.05, 4.69) is 6.92 Å². The SMILES string of the molecule is CCC1CCCCN1C(=O)CN(CCN(C)C)S(C)(=O)=O. The minimum absolute atomic E-state index is 0.0385. The van der Waals surface area contributed by atoms with E-state index in [0.29, 0.717) is 13.1 Å². The summed E-state index contributed by atoms with van der Waals surface area (Å²) in [7, 11) is 0.418. The summed E-state index contributed by atoms with van der Waals surface area (Å²) in [5.41, 5.74) is 0. The van der Waals surface area contributed by atoms with Crippen LogP contribution in [0, 0.1) is 0 Å². The molecule has 1 heterocycles. The Bertz CT molecular complexity index is 437. The first kappa shape index (κ1) is 18.4. The first-order valence-electron chi connectivity index (χ1n) is 7.65. The Kier molecular flexibility index (Phi) is 7.09. The van der Waals surface area contributed by atoms with Gasteiger partial charge in [-0.05, 0) is 39.8 Å². The molecule has 1 amide bonds. The number of nitrogens with zero attached hydrogens (tertiary/aromatic N) is 3. The van der Waals surface area contributed by atoms with Crippen LogP contribution in [-0.2, 0) is 14.8 Å². The van der Waals surface area contributed by atoms with Crippen LogP contribution in [0.1, 0.15) is 32.6 Å². The van der Waals surface area contributed by atoms with Crippen molar-refractivity contribution in [2.45, 2.75) is 38.6 Å². The van der Waals surface area contributed by atoms with Gasteiger partial charge in [-0.15, -0.1) is 0 Å². The van der Waals surface area contributed by atoms with Crippen molar-refractivity contribution in [2.24, 2.45) is 0 Å². The van der Waals surface area contributed by atoms with E-state index in [1.54, 1.807) is 0 Å². The zero-order valence-electron chi connectivity index (χ0n) is 13.7. The van der Waals surface area contributed by atoms with Crippen LogP contribution in [-0.4, -0.2) is 81.0 Å². The molecular weight excluding hydrogens is 290 g/mol. The molecule has 1 fully saturated rings. The largest absolute Gasteiger partial charge is 0.339 e. The predicted octanol–water partition coefficient (Wildman–Crippen LogP) is 0.601. The van der Waals surface area contributed by atoms with Gasteiger partial charge in [-0.25, -0.2) is 8.42 Å². The number of sulfonamides is 1. The second-order valence-electron chi connectivity index (χ2n) is 6.04. The normalized spacial score (nSPS) is 20.3. The zero-order valence-corrected chi connectivity index (χ0v) is 14.5. The number of likely N-dealkylation sites (tertiary alicyclic amines) is 1. The Morgan fingerprint density at radius 1 is 1.24 bits per heavy atom. The Morgan fingerprint density at radius 2 is 1.90 bits per heavy atom. The van der Waals surface area contributed by atoms with Crippen molar-refractivity contribution in [3.05, 3.63) is 0 Å². The van der Waals surface area contributed by atoms with Crippen LogP contribution in [0.4, 0.5) is 0 Å². The molecule has 1 saturated heterocycles. The van der Waals surface area contributed by atoms with E-state index < -0.39 is 10.0 Å². The third-order valence-corrected chi connectivity index (χ3v) is 5.25. The molecular formula is C14H29N3O3S. The molecule has 0 aromatic carbocycles. The fourth-order valence-electron chi connectivity index (χ4n) is 2.67. The van der Waals surface area contributed by atoms with Gasteiger partial charge in [0.15, 0.2) is 0 Å². The molecule has 0 aromatic heterocycles. The molecule has 1 rings (SSSR count). The summed E-state index contributed by atoms with van der Waals surface area (Å²) in [5, 5.41) is 0. The summed E-state index contributed by atoms with van der Waals surface area (Å²) < 4.78 is 25.0. The fraction of sp³-hybridized carbons (Fsp3) is 0.929. The minimum atomic E-state index is -3.36. The average molecular weight is 319 g/mol. The van der Waals surface area contributed by atoms with Gasteiger partial charge < -0.3 is 9.80 Å². The number of rotatable bonds is 7. The van der Waals surface area contributed by atoms with Gasteiger partial charge in [0.1, 0.15) is 0 Å². The molecule has 6 nitrogen and oxygen atoms in total. The number of carbonyl (C=O) groups excluding carboxylic acids is 1. The van der Waals surface area contributed by atoms with E-state index >= 15 is 0 Å². The van der Waals surface area contributed by atoms with Crippen LogP contribution in [0.15, 0.2) is 0 Å². The topological polar surface area (TPSA) is 60.9 Å². The maximum Gasteiger partial charge on any atom is 0.238 e. The van der Waals surface area contributed by atoms with Crippen molar-refractivity contribution in [2.75, 3.05) is 46.5 Å². The van der Waals surface area contributed by atoms with Gasteiger partial charge in [-0.1, -0.05) is 6.92 Å². The molecule has 0 N–H and O–H groups in total. The number of amides is 1. The molecule has 0 aliphatic carbocycles. The molecule has 21 heavy (non-hydrogen) atoms. The van der Waals surface area contributed by atoms with E-state index in [1.165, 1.54) is 10.6 Å². The molecule has 1 aliphatic rings. The third-order valence-electron chi connectivity index (χ3n) is 4.00. The molecule has 124 valence electrons. The highest BCUT2D eigenvalue weighted by atomic mass is 32.2. The molecule has 0 aromatic rings. The summed E-state index contributed by atoms with van der Waals surface area (Å²) in [6, 6.07) is 0.265. The van der Waals surface area contributed by atoms with Gasteiger partial charge in [0, 0.05) is 25.7 Å². The molecule has 0 radical (unpaired) electrons. The zero-order chi connectivity index (χ0) is 16.0. The number of hydrogen-bond donors (Lipinski definition) is 0. The first-order chi connectivity index (χ1) is 9.75. The highest BCUT2D eigenvalue weighted by Crippen LogP contribution is 2.19. The average Bonchev–Trinajstić information content (AvgIpc) is 2.41. The van der Waals surface area contributed by atoms with E-state index in [1.807, 2.05) is 23.9 Å². The second-order valence-corrected chi connectivity index (χ2v) is 8.03. The maximum atomic E-state index is 12.5. The van der Waals surface area contributed by atoms with Gasteiger partial charge in [0.25, 0.3) is 0 Å². The lowest BCUT2D eigenvalue weighted by molar-refractivity contribution is -0.135. The van der Waals surface area contributed by atoms with Crippen LogP contribution >= 0.6 is 0 Å². The smallest absolute Gasteiger partial charge is 0.238 e. The Balaban J connectivity index is 2.70. The van der Waals surface area contributed by atoms with Crippen LogP contribution < -0.4 is 0 Å². The van der Waals surface area contributed by atoms with E-state index in [-0.39, 0.29) is 18.5 Å². The second kappa shape index (κ2) is 8.10. The van der Waals surface area contributed by atoms with Gasteiger partial charge >= 0.3 is 0 Å². The molecule has 1 atom stereocenters. The summed E-state index contributed by atoms with van der Waals surface area (Å²) in [6.45, 7) is 3.75. The first-order valence-corrected chi connectivity index (χ1v) is 9.49. The van der Waals surface area contributed by atoms with Crippen LogP contribution in [0.3, 0.4) is 0 Å². The van der Waals surface area contributed by atoms with E-state index in [4.69, 9.17) is 0 Å². The molecule has 0 spiro atoms. The van der Waals surface area contributed by atoms with Crippen molar-refractivity contribution < 1.29 is 13.2 Å². The van der Waals surface area contributed by atoms with Gasteiger partial charge in [-0.3, -0.25) is 4.79 Å². The van der Waals surface area contributed by atoms with Crippen molar-refractivity contribution in [3.8, 4) is 0 Å². The summed E-state index contributed by atoms with van der Waals surface area (Å²) in [4.78, 5) is 16.3. The number of hydrogen-bond acceptors (Lipinski definition) is 4. The van der Waals surface area contributed by atoms with Gasteiger partial charge in [0.2, 0.25) is 15.9 Å². The molecule has 1 unspecified atom stereocenters.